The third-order valence-corrected chi connectivity index (χ3v) is 3.94. The van der Waals surface area contributed by atoms with Gasteiger partial charge >= 0.3 is 0 Å². The van der Waals surface area contributed by atoms with Crippen LogP contribution in [0.5, 0.6) is 17.2 Å². The normalized spacial score (nSPS) is 10.4. The van der Waals surface area contributed by atoms with E-state index in [0.717, 1.165) is 0 Å². The van der Waals surface area contributed by atoms with Crippen molar-refractivity contribution in [2.75, 3.05) is 0 Å². The third-order valence-electron chi connectivity index (χ3n) is 2.16. The van der Waals surface area contributed by atoms with Gasteiger partial charge in [-0.15, -0.1) is 0 Å². The van der Waals surface area contributed by atoms with Gasteiger partial charge in [0.05, 0.1) is 10.0 Å². The van der Waals surface area contributed by atoms with Crippen LogP contribution < -0.4 is 4.74 Å². The standard InChI is InChI=1S/C12H6Cl4O2/c13-7-8(14)10(16)12(11(17)9(7)15)18-6-4-2-1-3-5-6/h1-5,17H. The first-order chi connectivity index (χ1) is 8.52. The van der Waals surface area contributed by atoms with E-state index in [1.807, 2.05) is 6.07 Å². The molecule has 0 spiro atoms. The van der Waals surface area contributed by atoms with Gasteiger partial charge in [-0.1, -0.05) is 64.6 Å². The van der Waals surface area contributed by atoms with Crippen LogP contribution in [0.1, 0.15) is 0 Å². The lowest BCUT2D eigenvalue weighted by Crippen LogP contribution is -1.88. The van der Waals surface area contributed by atoms with Gasteiger partial charge in [-0.05, 0) is 12.1 Å². The second-order valence-electron chi connectivity index (χ2n) is 3.35. The van der Waals surface area contributed by atoms with Crippen LogP contribution in [0.4, 0.5) is 0 Å². The fourth-order valence-corrected chi connectivity index (χ4v) is 2.16. The largest absolute Gasteiger partial charge is 0.503 e. The molecule has 6 heteroatoms. The number of ether oxygens (including phenoxy) is 1. The molecule has 2 rings (SSSR count). The molecule has 0 heterocycles. The highest BCUT2D eigenvalue weighted by molar-refractivity contribution is 6.53. The van der Waals surface area contributed by atoms with Crippen molar-refractivity contribution in [2.45, 2.75) is 0 Å². The Kier molecular flexibility index (Phi) is 4.13. The average molecular weight is 324 g/mol. The van der Waals surface area contributed by atoms with Crippen LogP contribution in [0.15, 0.2) is 30.3 Å². The van der Waals surface area contributed by atoms with Crippen molar-refractivity contribution in [1.29, 1.82) is 0 Å². The number of hydrogen-bond acceptors (Lipinski definition) is 2. The summed E-state index contributed by atoms with van der Waals surface area (Å²) in [5, 5.41) is 9.79. The second kappa shape index (κ2) is 5.45. The molecule has 0 radical (unpaired) electrons. The Morgan fingerprint density at radius 3 is 1.94 bits per heavy atom. The number of benzene rings is 2. The minimum Gasteiger partial charge on any atom is -0.503 e. The average Bonchev–Trinajstić information content (AvgIpc) is 2.40. The molecule has 0 bridgehead atoms. The molecule has 1 N–H and O–H groups in total. The predicted octanol–water partition coefficient (Wildman–Crippen LogP) is 5.80. The van der Waals surface area contributed by atoms with Crippen molar-refractivity contribution >= 4 is 46.4 Å². The van der Waals surface area contributed by atoms with Gasteiger partial charge in [-0.2, -0.15) is 0 Å². The van der Waals surface area contributed by atoms with Crippen LogP contribution in [0.2, 0.25) is 20.1 Å². The zero-order valence-corrected chi connectivity index (χ0v) is 11.8. The quantitative estimate of drug-likeness (QED) is 0.559. The highest BCUT2D eigenvalue weighted by Gasteiger charge is 2.21. The molecular weight excluding hydrogens is 318 g/mol. The molecular formula is C12H6Cl4O2. The number of para-hydroxylation sites is 1. The minimum absolute atomic E-state index is 0.00687. The molecule has 18 heavy (non-hydrogen) atoms. The molecule has 0 aliphatic carbocycles. The summed E-state index contributed by atoms with van der Waals surface area (Å²) in [5.74, 6) is 0.117. The summed E-state index contributed by atoms with van der Waals surface area (Å²) < 4.78 is 5.45. The molecule has 0 unspecified atom stereocenters. The Hall–Kier alpha value is -0.800. The van der Waals surface area contributed by atoms with E-state index < -0.39 is 0 Å². The lowest BCUT2D eigenvalue weighted by atomic mass is 10.3. The summed E-state index contributed by atoms with van der Waals surface area (Å²) in [4.78, 5) is 0. The fourth-order valence-electron chi connectivity index (χ4n) is 1.30. The van der Waals surface area contributed by atoms with E-state index in [4.69, 9.17) is 51.1 Å². The van der Waals surface area contributed by atoms with Crippen molar-refractivity contribution in [2.24, 2.45) is 0 Å². The minimum atomic E-state index is -0.347. The van der Waals surface area contributed by atoms with E-state index in [9.17, 15) is 5.11 Å². The monoisotopic (exact) mass is 322 g/mol. The summed E-state index contributed by atoms with van der Waals surface area (Å²) >= 11 is 23.5. The van der Waals surface area contributed by atoms with Gasteiger partial charge in [0.1, 0.15) is 15.8 Å². The van der Waals surface area contributed by atoms with E-state index in [-0.39, 0.29) is 31.6 Å². The highest BCUT2D eigenvalue weighted by Crippen LogP contribution is 2.50. The lowest BCUT2D eigenvalue weighted by molar-refractivity contribution is 0.412. The van der Waals surface area contributed by atoms with Crippen molar-refractivity contribution in [3.8, 4) is 17.2 Å². The number of phenols is 1. The van der Waals surface area contributed by atoms with Crippen LogP contribution in [-0.2, 0) is 0 Å². The Bertz CT molecular complexity index is 555. The first-order valence-electron chi connectivity index (χ1n) is 4.80. The van der Waals surface area contributed by atoms with E-state index >= 15 is 0 Å². The Morgan fingerprint density at radius 1 is 0.778 bits per heavy atom. The van der Waals surface area contributed by atoms with E-state index in [1.165, 1.54) is 0 Å². The van der Waals surface area contributed by atoms with Crippen LogP contribution in [0.25, 0.3) is 0 Å². The molecule has 0 aliphatic rings. The molecule has 0 fully saturated rings. The Balaban J connectivity index is 2.52. The van der Waals surface area contributed by atoms with Gasteiger partial charge in [0.2, 0.25) is 0 Å². The molecule has 0 aromatic heterocycles. The van der Waals surface area contributed by atoms with Crippen LogP contribution in [0, 0.1) is 0 Å². The molecule has 0 saturated carbocycles. The molecule has 0 aliphatic heterocycles. The summed E-state index contributed by atoms with van der Waals surface area (Å²) in [6, 6.07) is 8.79. The van der Waals surface area contributed by atoms with Crippen molar-refractivity contribution in [3.63, 3.8) is 0 Å². The maximum Gasteiger partial charge on any atom is 0.190 e. The number of rotatable bonds is 2. The summed E-state index contributed by atoms with van der Waals surface area (Å²) in [7, 11) is 0. The molecule has 2 nitrogen and oxygen atoms in total. The second-order valence-corrected chi connectivity index (χ2v) is 4.86. The summed E-state index contributed by atoms with van der Waals surface area (Å²) in [6.07, 6.45) is 0. The van der Waals surface area contributed by atoms with Gasteiger partial charge in [-0.3, -0.25) is 0 Å². The first kappa shape index (κ1) is 13.6. The van der Waals surface area contributed by atoms with Gasteiger partial charge in [0, 0.05) is 0 Å². The third kappa shape index (κ3) is 2.47. The van der Waals surface area contributed by atoms with Crippen molar-refractivity contribution in [3.05, 3.63) is 50.4 Å². The molecule has 0 saturated heterocycles. The number of phenolic OH excluding ortho intramolecular Hbond substituents is 1. The van der Waals surface area contributed by atoms with Crippen LogP contribution in [0.3, 0.4) is 0 Å². The zero-order chi connectivity index (χ0) is 13.3. The van der Waals surface area contributed by atoms with Crippen molar-refractivity contribution in [1.82, 2.24) is 0 Å². The SMILES string of the molecule is Oc1c(Cl)c(Cl)c(Cl)c(Cl)c1Oc1ccccc1. The summed E-state index contributed by atoms with van der Waals surface area (Å²) in [6.45, 7) is 0. The zero-order valence-electron chi connectivity index (χ0n) is 8.75. The van der Waals surface area contributed by atoms with Gasteiger partial charge in [-0.25, -0.2) is 0 Å². The molecule has 2 aromatic carbocycles. The van der Waals surface area contributed by atoms with Gasteiger partial charge < -0.3 is 9.84 Å². The van der Waals surface area contributed by atoms with Crippen molar-refractivity contribution < 1.29 is 9.84 Å². The maximum atomic E-state index is 9.86. The molecule has 0 amide bonds. The maximum absolute atomic E-state index is 9.86. The number of halogens is 4. The van der Waals surface area contributed by atoms with Crippen LogP contribution >= 0.6 is 46.4 Å². The number of hydrogen-bond donors (Lipinski definition) is 1. The Morgan fingerprint density at radius 2 is 1.33 bits per heavy atom. The lowest BCUT2D eigenvalue weighted by Gasteiger charge is -2.13. The summed E-state index contributed by atoms with van der Waals surface area (Å²) in [5.41, 5.74) is 0. The fraction of sp³-hybridized carbons (Fsp3) is 0. The van der Waals surface area contributed by atoms with E-state index in [2.05, 4.69) is 0 Å². The topological polar surface area (TPSA) is 29.5 Å². The predicted molar refractivity (Wildman–Crippen MR) is 74.7 cm³/mol. The molecule has 2 aromatic rings. The number of aromatic hydroxyl groups is 1. The van der Waals surface area contributed by atoms with Gasteiger partial charge in [0.15, 0.2) is 11.5 Å². The molecule has 0 atom stereocenters. The smallest absolute Gasteiger partial charge is 0.190 e. The van der Waals surface area contributed by atoms with E-state index in [1.54, 1.807) is 24.3 Å². The molecule has 94 valence electrons. The van der Waals surface area contributed by atoms with Gasteiger partial charge in [0.25, 0.3) is 0 Å². The van der Waals surface area contributed by atoms with E-state index in [0.29, 0.717) is 5.75 Å². The highest BCUT2D eigenvalue weighted by atomic mass is 35.5. The Labute approximate surface area is 124 Å². The first-order valence-corrected chi connectivity index (χ1v) is 6.31. The van der Waals surface area contributed by atoms with Crippen LogP contribution in [-0.4, -0.2) is 5.11 Å².